The Morgan fingerprint density at radius 3 is 2.87 bits per heavy atom. The number of halogens is 1. The topological polar surface area (TPSA) is 127 Å². The molecule has 0 bridgehead atoms. The van der Waals surface area contributed by atoms with Crippen molar-refractivity contribution in [1.82, 2.24) is 10.3 Å². The number of anilines is 1. The van der Waals surface area contributed by atoms with Crippen molar-refractivity contribution in [3.8, 4) is 23.1 Å². The number of rotatable bonds is 7. The van der Waals surface area contributed by atoms with E-state index >= 15 is 0 Å². The van der Waals surface area contributed by atoms with Gasteiger partial charge in [0.1, 0.15) is 11.2 Å². The predicted octanol–water partition coefficient (Wildman–Crippen LogP) is 0.895. The molecular weight excluding hydrogens is 403 g/mol. The number of benzene rings is 1. The Morgan fingerprint density at radius 2 is 2.23 bits per heavy atom. The highest BCUT2D eigenvalue weighted by Crippen LogP contribution is 2.27. The second-order valence-electron chi connectivity index (χ2n) is 7.07. The molecule has 0 unspecified atom stereocenters. The number of aliphatic hydroxyl groups is 1. The zero-order chi connectivity index (χ0) is 22.4. The van der Waals surface area contributed by atoms with Crippen molar-refractivity contribution in [2.75, 3.05) is 38.7 Å². The van der Waals surface area contributed by atoms with Crippen LogP contribution in [0.5, 0.6) is 0 Å². The lowest BCUT2D eigenvalue weighted by Crippen LogP contribution is -2.33. The molecule has 9 heteroatoms. The van der Waals surface area contributed by atoms with Crippen LogP contribution in [0.25, 0.3) is 11.3 Å². The molecule has 1 saturated heterocycles. The van der Waals surface area contributed by atoms with Crippen LogP contribution in [0, 0.1) is 23.1 Å². The summed E-state index contributed by atoms with van der Waals surface area (Å²) in [4.78, 5) is 28.1. The van der Waals surface area contributed by atoms with Crippen LogP contribution in [-0.2, 0) is 9.53 Å². The van der Waals surface area contributed by atoms with E-state index in [1.54, 1.807) is 19.2 Å². The molecular formula is C22H23FN4O4. The first-order valence-electron chi connectivity index (χ1n) is 9.66. The Labute approximate surface area is 179 Å². The third-order valence-electron chi connectivity index (χ3n) is 4.98. The fourth-order valence-electron chi connectivity index (χ4n) is 3.20. The molecule has 2 heterocycles. The van der Waals surface area contributed by atoms with Crippen LogP contribution in [0.4, 0.5) is 10.1 Å². The van der Waals surface area contributed by atoms with Crippen molar-refractivity contribution in [2.45, 2.75) is 6.42 Å². The molecule has 1 aliphatic rings. The molecule has 0 saturated carbocycles. The first-order valence-corrected chi connectivity index (χ1v) is 9.66. The predicted molar refractivity (Wildman–Crippen MR) is 113 cm³/mol. The lowest BCUT2D eigenvalue weighted by molar-refractivity contribution is -0.126. The SMILES string of the molecule is COCCNc1ccc(-c2cc(C#C[C@@]3(CO)CCNC3=O)ccc2F)nc1C(N)=O. The van der Waals surface area contributed by atoms with Crippen LogP contribution in [0.2, 0.25) is 0 Å². The largest absolute Gasteiger partial charge is 0.394 e. The summed E-state index contributed by atoms with van der Waals surface area (Å²) in [5.41, 5.74) is 5.46. The molecule has 162 valence electrons. The number of aromatic nitrogens is 1. The number of primary amides is 1. The number of methoxy groups -OCH3 is 1. The van der Waals surface area contributed by atoms with Crippen molar-refractivity contribution >= 4 is 17.5 Å². The number of nitrogens with one attached hydrogen (secondary N) is 2. The molecule has 1 aliphatic heterocycles. The summed E-state index contributed by atoms with van der Waals surface area (Å²) in [7, 11) is 1.55. The van der Waals surface area contributed by atoms with Crippen LogP contribution in [0.1, 0.15) is 22.5 Å². The van der Waals surface area contributed by atoms with Gasteiger partial charge in [-0.05, 0) is 36.8 Å². The van der Waals surface area contributed by atoms with Gasteiger partial charge in [-0.15, -0.1) is 0 Å². The molecule has 1 atom stereocenters. The van der Waals surface area contributed by atoms with Crippen LogP contribution in [0.3, 0.4) is 0 Å². The Hall–Kier alpha value is -3.48. The average molecular weight is 426 g/mol. The minimum absolute atomic E-state index is 0.0219. The number of aliphatic hydroxyl groups excluding tert-OH is 1. The van der Waals surface area contributed by atoms with Gasteiger partial charge in [0.25, 0.3) is 5.91 Å². The van der Waals surface area contributed by atoms with Gasteiger partial charge in [-0.1, -0.05) is 11.8 Å². The summed E-state index contributed by atoms with van der Waals surface area (Å²) in [6.07, 6.45) is 0.393. The summed E-state index contributed by atoms with van der Waals surface area (Å²) >= 11 is 0. The summed E-state index contributed by atoms with van der Waals surface area (Å²) in [6.45, 7) is 0.897. The van der Waals surface area contributed by atoms with Gasteiger partial charge in [0.15, 0.2) is 5.69 Å². The normalized spacial score (nSPS) is 17.6. The van der Waals surface area contributed by atoms with Crippen LogP contribution in [-0.4, -0.2) is 55.3 Å². The number of hydrogen-bond acceptors (Lipinski definition) is 6. The van der Waals surface area contributed by atoms with Crippen molar-refractivity contribution in [3.05, 3.63) is 47.4 Å². The number of carbonyl (C=O) groups is 2. The zero-order valence-corrected chi connectivity index (χ0v) is 17.0. The molecule has 8 nitrogen and oxygen atoms in total. The lowest BCUT2D eigenvalue weighted by atomic mass is 9.88. The van der Waals surface area contributed by atoms with Gasteiger partial charge >= 0.3 is 0 Å². The third-order valence-corrected chi connectivity index (χ3v) is 4.98. The molecule has 1 aromatic carbocycles. The molecule has 3 rings (SSSR count). The van der Waals surface area contributed by atoms with Crippen molar-refractivity contribution < 1.29 is 23.8 Å². The van der Waals surface area contributed by atoms with Gasteiger partial charge in [-0.25, -0.2) is 9.37 Å². The monoisotopic (exact) mass is 426 g/mol. The highest BCUT2D eigenvalue weighted by Gasteiger charge is 2.40. The Balaban J connectivity index is 1.95. The molecule has 5 N–H and O–H groups in total. The fraction of sp³-hybridized carbons (Fsp3) is 0.318. The summed E-state index contributed by atoms with van der Waals surface area (Å²) < 4.78 is 19.5. The van der Waals surface area contributed by atoms with Crippen molar-refractivity contribution in [1.29, 1.82) is 0 Å². The lowest BCUT2D eigenvalue weighted by Gasteiger charge is -2.15. The van der Waals surface area contributed by atoms with E-state index in [0.717, 1.165) is 0 Å². The Morgan fingerprint density at radius 1 is 1.42 bits per heavy atom. The maximum atomic E-state index is 14.5. The number of amides is 2. The first kappa shape index (κ1) is 22.2. The molecule has 2 aromatic rings. The summed E-state index contributed by atoms with van der Waals surface area (Å²) in [6, 6.07) is 7.34. The van der Waals surface area contributed by atoms with Crippen molar-refractivity contribution in [2.24, 2.45) is 11.1 Å². The molecule has 1 aromatic heterocycles. The summed E-state index contributed by atoms with van der Waals surface area (Å²) in [5.74, 6) is 4.04. The van der Waals surface area contributed by atoms with E-state index in [9.17, 15) is 19.1 Å². The molecule has 31 heavy (non-hydrogen) atoms. The molecule has 2 amide bonds. The number of pyridine rings is 1. The molecule has 0 aliphatic carbocycles. The van der Waals surface area contributed by atoms with Gasteiger partial charge in [0.05, 0.1) is 24.6 Å². The van der Waals surface area contributed by atoms with E-state index in [1.807, 2.05) is 0 Å². The second kappa shape index (κ2) is 9.55. The number of nitrogens with zero attached hydrogens (tertiary/aromatic N) is 1. The van der Waals surface area contributed by atoms with Crippen LogP contribution >= 0.6 is 0 Å². The number of nitrogens with two attached hydrogens (primary N) is 1. The first-order chi connectivity index (χ1) is 14.9. The average Bonchev–Trinajstić information content (AvgIpc) is 3.14. The van der Waals surface area contributed by atoms with Gasteiger partial charge < -0.3 is 26.2 Å². The summed E-state index contributed by atoms with van der Waals surface area (Å²) in [5, 5.41) is 15.3. The van der Waals surface area contributed by atoms with Gasteiger partial charge in [0.2, 0.25) is 5.91 Å². The van der Waals surface area contributed by atoms with E-state index in [4.69, 9.17) is 10.5 Å². The molecule has 0 radical (unpaired) electrons. The number of ether oxygens (including phenoxy) is 1. The minimum atomic E-state index is -1.17. The van der Waals surface area contributed by atoms with E-state index in [-0.39, 0.29) is 22.9 Å². The highest BCUT2D eigenvalue weighted by atomic mass is 19.1. The maximum Gasteiger partial charge on any atom is 0.269 e. The van der Waals surface area contributed by atoms with Crippen LogP contribution < -0.4 is 16.4 Å². The number of carbonyl (C=O) groups excluding carboxylic acids is 2. The standard InChI is InChI=1S/C22H23FN4O4/c1-31-11-10-25-18-5-4-17(27-19(18)20(24)29)15-12-14(2-3-16(15)23)6-7-22(13-28)8-9-26-21(22)30/h2-5,12,25,28H,8-11,13H2,1H3,(H2,24,29)(H,26,30)/t22-/m0/s1. The van der Waals surface area contributed by atoms with Crippen LogP contribution in [0.15, 0.2) is 30.3 Å². The number of hydrogen-bond donors (Lipinski definition) is 4. The van der Waals surface area contributed by atoms with E-state index in [2.05, 4.69) is 27.5 Å². The van der Waals surface area contributed by atoms with E-state index in [0.29, 0.717) is 37.4 Å². The van der Waals surface area contributed by atoms with Gasteiger partial charge in [0, 0.05) is 31.3 Å². The van der Waals surface area contributed by atoms with Gasteiger partial charge in [-0.2, -0.15) is 0 Å². The van der Waals surface area contributed by atoms with E-state index < -0.39 is 23.7 Å². The van der Waals surface area contributed by atoms with Crippen molar-refractivity contribution in [3.63, 3.8) is 0 Å². The Kier molecular flexibility index (Phi) is 6.84. The Bertz CT molecular complexity index is 1060. The smallest absolute Gasteiger partial charge is 0.269 e. The minimum Gasteiger partial charge on any atom is -0.394 e. The zero-order valence-electron chi connectivity index (χ0n) is 17.0. The van der Waals surface area contributed by atoms with Gasteiger partial charge in [-0.3, -0.25) is 9.59 Å². The van der Waals surface area contributed by atoms with E-state index in [1.165, 1.54) is 18.2 Å². The quantitative estimate of drug-likeness (QED) is 0.385. The fourth-order valence-corrected chi connectivity index (χ4v) is 3.20. The molecule has 0 spiro atoms. The second-order valence-corrected chi connectivity index (χ2v) is 7.07. The molecule has 1 fully saturated rings. The maximum absolute atomic E-state index is 14.5. The third kappa shape index (κ3) is 4.82. The highest BCUT2D eigenvalue weighted by molar-refractivity contribution is 5.97.